The zero-order valence-corrected chi connectivity index (χ0v) is 20.7. The minimum absolute atomic E-state index is 0.0124. The Hall–Kier alpha value is -3.52. The van der Waals surface area contributed by atoms with Crippen molar-refractivity contribution in [1.29, 1.82) is 5.41 Å². The topological polar surface area (TPSA) is 140 Å². The largest absolute Gasteiger partial charge is 0.463 e. The van der Waals surface area contributed by atoms with E-state index in [0.717, 1.165) is 29.5 Å². The van der Waals surface area contributed by atoms with Gasteiger partial charge < -0.3 is 10.1 Å². The second-order valence-corrected chi connectivity index (χ2v) is 10.7. The molecule has 1 aliphatic rings. The lowest BCUT2D eigenvalue weighted by Gasteiger charge is -2.23. The van der Waals surface area contributed by atoms with Gasteiger partial charge in [-0.25, -0.2) is 4.39 Å². The molecule has 1 saturated heterocycles. The Morgan fingerprint density at radius 2 is 1.92 bits per heavy atom. The number of anilines is 3. The molecule has 0 saturated carbocycles. The van der Waals surface area contributed by atoms with Crippen molar-refractivity contribution in [2.24, 2.45) is 0 Å². The number of amides is 2. The molecule has 3 aromatic rings. The Bertz CT molecular complexity index is 1440. The molecule has 1 aliphatic heterocycles. The van der Waals surface area contributed by atoms with Gasteiger partial charge >= 0.3 is 0 Å². The number of nitrogens with zero attached hydrogens (tertiary/aromatic N) is 2. The maximum absolute atomic E-state index is 14.2. The molecular formula is C22H18ClFN4O6S2. The van der Waals surface area contributed by atoms with Gasteiger partial charge in [0.25, 0.3) is 28.0 Å². The highest BCUT2D eigenvalue weighted by atomic mass is 35.5. The Balaban J connectivity index is 1.65. The summed E-state index contributed by atoms with van der Waals surface area (Å²) in [6, 6.07) is 12.2. The molecule has 0 spiro atoms. The third-order valence-electron chi connectivity index (χ3n) is 5.05. The van der Waals surface area contributed by atoms with Crippen LogP contribution >= 0.6 is 22.9 Å². The molecule has 0 aliphatic carbocycles. The second-order valence-electron chi connectivity index (χ2n) is 7.52. The number of ether oxygens (including phenoxy) is 1. The van der Waals surface area contributed by atoms with Crippen LogP contribution in [0.3, 0.4) is 0 Å². The monoisotopic (exact) mass is 552 g/mol. The maximum Gasteiger partial charge on any atom is 0.289 e. The lowest BCUT2D eigenvalue weighted by atomic mass is 10.1. The minimum atomic E-state index is -4.76. The van der Waals surface area contributed by atoms with Crippen LogP contribution in [0.4, 0.5) is 21.5 Å². The second kappa shape index (κ2) is 10.2. The number of thiophene rings is 1. The van der Waals surface area contributed by atoms with E-state index in [1.54, 1.807) is 29.2 Å². The van der Waals surface area contributed by atoms with Gasteiger partial charge in [0.05, 0.1) is 27.0 Å². The van der Waals surface area contributed by atoms with Gasteiger partial charge in [0, 0.05) is 11.4 Å². The molecule has 0 bridgehead atoms. The quantitative estimate of drug-likeness (QED) is 0.375. The molecule has 2 amide bonds. The number of benzene rings is 2. The third kappa shape index (κ3) is 5.82. The highest BCUT2D eigenvalue weighted by Crippen LogP contribution is 2.29. The molecule has 0 unspecified atom stereocenters. The zero-order chi connectivity index (χ0) is 26.0. The van der Waals surface area contributed by atoms with E-state index in [9.17, 15) is 27.0 Å². The van der Waals surface area contributed by atoms with Crippen molar-refractivity contribution in [1.82, 2.24) is 0 Å². The van der Waals surface area contributed by atoms with Crippen LogP contribution in [0.15, 0.2) is 54.6 Å². The summed E-state index contributed by atoms with van der Waals surface area (Å²) >= 11 is 6.73. The predicted molar refractivity (Wildman–Crippen MR) is 134 cm³/mol. The number of carbonyl (C=O) groups is 2. The molecule has 188 valence electrons. The molecule has 1 fully saturated rings. The normalized spacial score (nSPS) is 13.4. The number of hydrogen-bond donors (Lipinski definition) is 3. The van der Waals surface area contributed by atoms with Crippen LogP contribution in [0.2, 0.25) is 4.34 Å². The summed E-state index contributed by atoms with van der Waals surface area (Å²) in [4.78, 5) is 28.4. The third-order valence-corrected chi connectivity index (χ3v) is 6.86. The van der Waals surface area contributed by atoms with E-state index in [-0.39, 0.29) is 26.5 Å². The lowest BCUT2D eigenvalue weighted by Crippen LogP contribution is -2.36. The lowest BCUT2D eigenvalue weighted by molar-refractivity contribution is 0.0994. The average molecular weight is 553 g/mol. The number of nitrogens with one attached hydrogen (secondary N) is 2. The zero-order valence-electron chi connectivity index (χ0n) is 18.3. The van der Waals surface area contributed by atoms with Gasteiger partial charge in [-0.1, -0.05) is 11.6 Å². The summed E-state index contributed by atoms with van der Waals surface area (Å²) in [6.45, 7) is 0.900. The van der Waals surface area contributed by atoms with Crippen LogP contribution in [-0.2, 0) is 14.9 Å². The van der Waals surface area contributed by atoms with E-state index < -0.39 is 33.6 Å². The molecule has 0 atom stereocenters. The van der Waals surface area contributed by atoms with Gasteiger partial charge in [-0.15, -0.1) is 11.3 Å². The van der Waals surface area contributed by atoms with Crippen molar-refractivity contribution in [3.8, 4) is 0 Å². The van der Waals surface area contributed by atoms with Crippen molar-refractivity contribution in [2.45, 2.75) is 0 Å². The molecule has 36 heavy (non-hydrogen) atoms. The highest BCUT2D eigenvalue weighted by Gasteiger charge is 2.28. The summed E-state index contributed by atoms with van der Waals surface area (Å²) < 4.78 is 52.4. The van der Waals surface area contributed by atoms with Crippen molar-refractivity contribution in [3.05, 3.63) is 75.2 Å². The minimum Gasteiger partial charge on any atom is -0.463 e. The van der Waals surface area contributed by atoms with Gasteiger partial charge in [0.2, 0.25) is 0 Å². The fraction of sp³-hybridized carbons (Fsp3) is 0.136. The first kappa shape index (κ1) is 25.6. The summed E-state index contributed by atoms with van der Waals surface area (Å²) in [5.74, 6) is -3.71. The van der Waals surface area contributed by atoms with Crippen molar-refractivity contribution >= 4 is 68.0 Å². The predicted octanol–water partition coefficient (Wildman–Crippen LogP) is 4.06. The molecular weight excluding hydrogens is 535 g/mol. The van der Waals surface area contributed by atoms with E-state index in [4.69, 9.17) is 21.7 Å². The van der Waals surface area contributed by atoms with E-state index in [1.807, 2.05) is 0 Å². The molecule has 3 N–H and O–H groups in total. The van der Waals surface area contributed by atoms with E-state index >= 15 is 0 Å². The summed E-state index contributed by atoms with van der Waals surface area (Å²) in [5.41, 5.74) is 0.453. The Morgan fingerprint density at radius 1 is 1.19 bits per heavy atom. The molecule has 14 heteroatoms. The fourth-order valence-corrected chi connectivity index (χ4v) is 5.04. The van der Waals surface area contributed by atoms with Crippen LogP contribution in [0.1, 0.15) is 20.0 Å². The van der Waals surface area contributed by atoms with Gasteiger partial charge in [-0.2, -0.15) is 8.42 Å². The molecule has 1 aromatic heterocycles. The average Bonchev–Trinajstić information content (AvgIpc) is 3.45. The smallest absolute Gasteiger partial charge is 0.289 e. The van der Waals surface area contributed by atoms with Crippen LogP contribution in [0.25, 0.3) is 0 Å². The Labute approximate surface area is 214 Å². The number of carbonyl (C=O) groups excluding carboxylic acids is 2. The number of hydrogen-bond acceptors (Lipinski definition) is 7. The number of amidine groups is 1. The molecule has 4 rings (SSSR count). The fourth-order valence-electron chi connectivity index (χ4n) is 3.47. The number of rotatable bonds is 7. The van der Waals surface area contributed by atoms with Crippen LogP contribution in [-0.4, -0.2) is 49.8 Å². The highest BCUT2D eigenvalue weighted by molar-refractivity contribution is 7.85. The van der Waals surface area contributed by atoms with E-state index in [1.165, 1.54) is 12.1 Å². The Kier molecular flexibility index (Phi) is 7.26. The first-order valence-corrected chi connectivity index (χ1v) is 13.0. The van der Waals surface area contributed by atoms with Crippen molar-refractivity contribution in [2.75, 3.05) is 34.1 Å². The molecule has 2 heterocycles. The molecule has 0 radical (unpaired) electrons. The van der Waals surface area contributed by atoms with Crippen LogP contribution in [0, 0.1) is 11.2 Å². The number of halogens is 2. The first-order chi connectivity index (χ1) is 17.0. The van der Waals surface area contributed by atoms with Gasteiger partial charge in [-0.05, 0) is 54.6 Å². The van der Waals surface area contributed by atoms with Crippen molar-refractivity contribution in [3.63, 3.8) is 0 Å². The van der Waals surface area contributed by atoms with E-state index in [0.29, 0.717) is 29.4 Å². The van der Waals surface area contributed by atoms with E-state index in [2.05, 4.69) is 5.32 Å². The Morgan fingerprint density at radius 3 is 2.50 bits per heavy atom. The van der Waals surface area contributed by atoms with Crippen LogP contribution < -0.4 is 15.1 Å². The van der Waals surface area contributed by atoms with Gasteiger partial charge in [-0.3, -0.25) is 29.4 Å². The van der Waals surface area contributed by atoms with Crippen LogP contribution in [0.5, 0.6) is 0 Å². The first-order valence-electron chi connectivity index (χ1n) is 10.2. The summed E-state index contributed by atoms with van der Waals surface area (Å²) in [6.07, 6.45) is 0. The van der Waals surface area contributed by atoms with Crippen molar-refractivity contribution < 1.29 is 31.7 Å². The molecule has 10 nitrogen and oxygen atoms in total. The maximum atomic E-state index is 14.2. The van der Waals surface area contributed by atoms with Gasteiger partial charge in [0.1, 0.15) is 12.4 Å². The summed E-state index contributed by atoms with van der Waals surface area (Å²) in [5, 5.41) is 10.4. The molecule has 2 aromatic carbocycles. The SMILES string of the molecule is N=C1OCCN1c1ccc(NC(=O)c2ccc(F)cc2N(CS(=O)(=O)O)C(=O)c2ccc(Cl)s2)cc1. The standard InChI is InChI=1S/C22H18ClFN4O6S2/c23-19-8-7-18(35-19)21(30)28(12-36(31,32)33)17-11-13(24)1-6-16(17)20(29)26-14-2-4-15(5-3-14)27-9-10-34-22(27)25/h1-8,11,25H,9-10,12H2,(H,26,29)(H,31,32,33). The van der Waals surface area contributed by atoms with Gasteiger partial charge in [0.15, 0.2) is 5.88 Å². The summed E-state index contributed by atoms with van der Waals surface area (Å²) in [7, 11) is -4.76.